The minimum Gasteiger partial charge on any atom is -0.872 e. The average molecular weight is 494 g/mol. The summed E-state index contributed by atoms with van der Waals surface area (Å²) in [5.41, 5.74) is 4.81. The zero-order valence-corrected chi connectivity index (χ0v) is 19.6. The van der Waals surface area contributed by atoms with Crippen molar-refractivity contribution in [2.24, 2.45) is 5.10 Å². The van der Waals surface area contributed by atoms with Gasteiger partial charge in [0.15, 0.2) is 0 Å². The van der Waals surface area contributed by atoms with Crippen LogP contribution in [0.15, 0.2) is 83.1 Å². The number of hydrazone groups is 1. The number of rotatable bonds is 8. The van der Waals surface area contributed by atoms with Gasteiger partial charge >= 0.3 is 5.16 Å². The van der Waals surface area contributed by atoms with Crippen LogP contribution in [0.2, 0.25) is 5.02 Å². The number of halogens is 1. The molecule has 0 saturated heterocycles. The lowest BCUT2D eigenvalue weighted by Crippen LogP contribution is -2.34. The van der Waals surface area contributed by atoms with Crippen molar-refractivity contribution in [1.29, 1.82) is 0 Å². The largest absolute Gasteiger partial charge is 0.872 e. The third kappa shape index (κ3) is 5.75. The number of amides is 1. The fraction of sp³-hybridized carbons (Fsp3) is 0.0833. The van der Waals surface area contributed by atoms with Gasteiger partial charge in [-0.15, -0.1) is 10.8 Å². The Morgan fingerprint density at radius 1 is 1.21 bits per heavy atom. The van der Waals surface area contributed by atoms with Gasteiger partial charge in [-0.3, -0.25) is 4.79 Å². The second-order valence-corrected chi connectivity index (χ2v) is 8.43. The van der Waals surface area contributed by atoms with Crippen LogP contribution in [0, 0.1) is 0 Å². The number of H-pyrrole nitrogens is 1. The number of aromatic nitrogens is 3. The maximum Gasteiger partial charge on any atom is 0.342 e. The molecule has 0 aliphatic rings. The molecule has 34 heavy (non-hydrogen) atoms. The molecule has 172 valence electrons. The Morgan fingerprint density at radius 3 is 2.68 bits per heavy atom. The van der Waals surface area contributed by atoms with Crippen LogP contribution >= 0.6 is 23.4 Å². The summed E-state index contributed by atoms with van der Waals surface area (Å²) in [6.45, 7) is 0. The number of carbonyl (C=O) groups excluding carboxylic acids is 1. The molecular weight excluding hydrogens is 474 g/mol. The monoisotopic (exact) mass is 493 g/mol. The summed E-state index contributed by atoms with van der Waals surface area (Å²) < 4.78 is 7.16. The van der Waals surface area contributed by atoms with E-state index in [1.165, 1.54) is 30.1 Å². The highest BCUT2D eigenvalue weighted by molar-refractivity contribution is 7.99. The van der Waals surface area contributed by atoms with Gasteiger partial charge in [0, 0.05) is 5.02 Å². The zero-order chi connectivity index (χ0) is 23.9. The molecule has 4 rings (SSSR count). The van der Waals surface area contributed by atoms with Crippen molar-refractivity contribution < 1.29 is 19.2 Å². The fourth-order valence-electron chi connectivity index (χ4n) is 3.10. The van der Waals surface area contributed by atoms with Crippen molar-refractivity contribution in [2.45, 2.75) is 5.16 Å². The molecule has 0 fully saturated rings. The first kappa shape index (κ1) is 23.3. The van der Waals surface area contributed by atoms with Crippen LogP contribution in [0.4, 0.5) is 0 Å². The Bertz CT molecular complexity index is 1310. The summed E-state index contributed by atoms with van der Waals surface area (Å²) in [6, 6.07) is 21.2. The lowest BCUT2D eigenvalue weighted by molar-refractivity contribution is -0.625. The maximum absolute atomic E-state index is 12.3. The van der Waals surface area contributed by atoms with E-state index in [-0.39, 0.29) is 17.4 Å². The minimum atomic E-state index is -0.309. The van der Waals surface area contributed by atoms with Crippen molar-refractivity contribution in [3.05, 3.63) is 83.4 Å². The summed E-state index contributed by atoms with van der Waals surface area (Å²) in [7, 11) is 1.61. The first-order valence-corrected chi connectivity index (χ1v) is 11.5. The van der Waals surface area contributed by atoms with Gasteiger partial charge in [0.25, 0.3) is 11.7 Å². The van der Waals surface area contributed by atoms with Crippen LogP contribution in [-0.2, 0) is 4.79 Å². The number of benzene rings is 3. The molecule has 0 unspecified atom stereocenters. The van der Waals surface area contributed by atoms with Gasteiger partial charge < -0.3 is 9.84 Å². The Balaban J connectivity index is 1.52. The third-order valence-electron chi connectivity index (χ3n) is 4.71. The van der Waals surface area contributed by atoms with Gasteiger partial charge in [0.2, 0.25) is 0 Å². The minimum absolute atomic E-state index is 0.0828. The second-order valence-electron chi connectivity index (χ2n) is 7.05. The van der Waals surface area contributed by atoms with E-state index in [0.29, 0.717) is 15.7 Å². The highest BCUT2D eigenvalue weighted by Crippen LogP contribution is 2.23. The number of thioether (sulfide) groups is 1. The number of ether oxygens (including phenoxy) is 1. The number of nitrogens with zero attached hydrogens (tertiary/aromatic N) is 3. The van der Waals surface area contributed by atoms with E-state index < -0.39 is 0 Å². The summed E-state index contributed by atoms with van der Waals surface area (Å²) in [6.07, 6.45) is 1.42. The number of carbonyl (C=O) groups is 1. The van der Waals surface area contributed by atoms with Gasteiger partial charge in [-0.05, 0) is 65.9 Å². The first-order chi connectivity index (χ1) is 16.5. The summed E-state index contributed by atoms with van der Waals surface area (Å²) in [5.74, 6) is 1.14. The predicted molar refractivity (Wildman–Crippen MR) is 129 cm³/mol. The smallest absolute Gasteiger partial charge is 0.342 e. The first-order valence-electron chi connectivity index (χ1n) is 10.2. The van der Waals surface area contributed by atoms with Gasteiger partial charge in [-0.25, -0.2) is 5.43 Å². The van der Waals surface area contributed by atoms with E-state index in [9.17, 15) is 9.90 Å². The van der Waals surface area contributed by atoms with Crippen molar-refractivity contribution >= 4 is 35.5 Å². The maximum atomic E-state index is 12.3. The van der Waals surface area contributed by atoms with Crippen molar-refractivity contribution in [2.75, 3.05) is 12.9 Å². The molecule has 8 nitrogen and oxygen atoms in total. The molecule has 1 heterocycles. The summed E-state index contributed by atoms with van der Waals surface area (Å²) >= 11 is 7.32. The molecule has 0 aliphatic heterocycles. The van der Waals surface area contributed by atoms with Gasteiger partial charge in [0.1, 0.15) is 11.4 Å². The van der Waals surface area contributed by atoms with Crippen molar-refractivity contribution in [3.8, 4) is 28.6 Å². The van der Waals surface area contributed by atoms with E-state index >= 15 is 0 Å². The normalized spacial score (nSPS) is 11.0. The van der Waals surface area contributed by atoms with Gasteiger partial charge in [-0.1, -0.05) is 35.9 Å². The molecule has 0 aliphatic carbocycles. The molecule has 1 aromatic heterocycles. The van der Waals surface area contributed by atoms with Crippen LogP contribution < -0.4 is 19.8 Å². The number of aromatic amines is 1. The molecule has 0 atom stereocenters. The van der Waals surface area contributed by atoms with Crippen LogP contribution in [-0.4, -0.2) is 35.2 Å². The molecule has 1 amide bonds. The van der Waals surface area contributed by atoms with E-state index in [4.69, 9.17) is 16.3 Å². The molecule has 10 heteroatoms. The Kier molecular flexibility index (Phi) is 7.46. The lowest BCUT2D eigenvalue weighted by atomic mass is 10.2. The topological polar surface area (TPSA) is 106 Å². The number of nitrogens with one attached hydrogen (secondary N) is 2. The number of hydrogen-bond acceptors (Lipinski definition) is 6. The molecule has 0 radical (unpaired) electrons. The standard InChI is InChI=1S/C24H20ClN5O3S/c1-33-21-11-5-17(6-12-21)23-28-29-24(30(23)19-9-7-18(25)8-10-19)34-15-22(32)27-26-14-16-3-2-4-20(31)13-16/h2-14H,15H2,1H3,(H2,27,31,32). The van der Waals surface area contributed by atoms with Crippen molar-refractivity contribution in [3.63, 3.8) is 0 Å². The van der Waals surface area contributed by atoms with Crippen LogP contribution in [0.25, 0.3) is 17.1 Å². The Morgan fingerprint density at radius 2 is 1.97 bits per heavy atom. The summed E-state index contributed by atoms with van der Waals surface area (Å²) in [4.78, 5) is 12.3. The second kappa shape index (κ2) is 10.9. The van der Waals surface area contributed by atoms with Gasteiger partial charge in [0.05, 0.1) is 29.7 Å². The third-order valence-corrected chi connectivity index (χ3v) is 5.90. The van der Waals surface area contributed by atoms with Crippen LogP contribution in [0.3, 0.4) is 0 Å². The quantitative estimate of drug-likeness (QED) is 0.169. The highest BCUT2D eigenvalue weighted by atomic mass is 35.5. The molecular formula is C24H20ClN5O3S. The molecule has 0 saturated carbocycles. The van der Waals surface area contributed by atoms with E-state index in [0.717, 1.165) is 22.8 Å². The molecule has 3 aromatic carbocycles. The summed E-state index contributed by atoms with van der Waals surface area (Å²) in [5, 5.41) is 24.0. The molecule has 4 aromatic rings. The average Bonchev–Trinajstić information content (AvgIpc) is 3.27. The zero-order valence-electron chi connectivity index (χ0n) is 18.1. The van der Waals surface area contributed by atoms with E-state index in [2.05, 4.69) is 20.7 Å². The lowest BCUT2D eigenvalue weighted by Gasteiger charge is -2.05. The van der Waals surface area contributed by atoms with Gasteiger partial charge in [-0.2, -0.15) is 9.67 Å². The van der Waals surface area contributed by atoms with Crippen molar-refractivity contribution in [1.82, 2.24) is 15.6 Å². The van der Waals surface area contributed by atoms with Crippen LogP contribution in [0.1, 0.15) is 5.56 Å². The number of hydrogen-bond donors (Lipinski definition) is 2. The molecule has 2 N–H and O–H groups in total. The SMILES string of the molecule is COc1ccc(-c2[nH]nc(SCC(=O)NN=Cc3cccc([O-])c3)[n+]2-c2ccc(Cl)cc2)cc1. The predicted octanol–water partition coefficient (Wildman–Crippen LogP) is 3.33. The molecule has 0 bridgehead atoms. The number of methoxy groups -OCH3 is 1. The Labute approximate surface area is 205 Å². The van der Waals surface area contributed by atoms with E-state index in [1.807, 2.05) is 41.0 Å². The van der Waals surface area contributed by atoms with Crippen LogP contribution in [0.5, 0.6) is 11.5 Å². The fourth-order valence-corrected chi connectivity index (χ4v) is 3.99. The van der Waals surface area contributed by atoms with E-state index in [1.54, 1.807) is 31.4 Å². The Hall–Kier alpha value is -3.82. The highest BCUT2D eigenvalue weighted by Gasteiger charge is 2.24. The molecule has 0 spiro atoms.